The van der Waals surface area contributed by atoms with Crippen molar-refractivity contribution in [3.63, 3.8) is 0 Å². The Bertz CT molecular complexity index is 629. The number of ether oxygens (including phenoxy) is 1. The molecule has 0 aromatic heterocycles. The maximum atomic E-state index is 12.9. The average Bonchev–Trinajstić information content (AvgIpc) is 2.32. The Morgan fingerprint density at radius 2 is 2.05 bits per heavy atom. The fourth-order valence-corrected chi connectivity index (χ4v) is 4.57. The van der Waals surface area contributed by atoms with Crippen LogP contribution in [0.2, 0.25) is 5.02 Å². The van der Waals surface area contributed by atoms with Crippen LogP contribution in [-0.4, -0.2) is 38.0 Å². The quantitative estimate of drug-likeness (QED) is 0.847. The first kappa shape index (κ1) is 15.6. The Hall–Kier alpha value is -0.820. The van der Waals surface area contributed by atoms with Crippen LogP contribution >= 0.6 is 11.6 Å². The topological polar surface area (TPSA) is 72.6 Å². The summed E-state index contributed by atoms with van der Waals surface area (Å²) in [7, 11) is -3.62. The van der Waals surface area contributed by atoms with Crippen molar-refractivity contribution in [1.29, 1.82) is 0 Å². The Balaban J connectivity index is 2.53. The lowest BCUT2D eigenvalue weighted by molar-refractivity contribution is -0.00772. The molecule has 2 N–H and O–H groups in total. The van der Waals surface area contributed by atoms with Gasteiger partial charge in [-0.05, 0) is 38.5 Å². The number of nitrogen functional groups attached to an aromatic ring is 1. The summed E-state index contributed by atoms with van der Waals surface area (Å²) in [5.41, 5.74) is 6.01. The molecule has 1 fully saturated rings. The number of nitrogens with two attached hydrogens (primary N) is 1. The van der Waals surface area contributed by atoms with E-state index in [9.17, 15) is 8.42 Å². The molecular weight excluding hydrogens is 300 g/mol. The molecule has 2 rings (SSSR count). The minimum absolute atomic E-state index is 0.203. The van der Waals surface area contributed by atoms with E-state index in [-0.39, 0.29) is 10.6 Å². The molecule has 0 saturated carbocycles. The highest BCUT2D eigenvalue weighted by molar-refractivity contribution is 7.89. The van der Waals surface area contributed by atoms with E-state index in [1.165, 1.54) is 10.4 Å². The minimum Gasteiger partial charge on any atom is -0.397 e. The van der Waals surface area contributed by atoms with E-state index >= 15 is 0 Å². The van der Waals surface area contributed by atoms with Crippen molar-refractivity contribution in [2.45, 2.75) is 31.2 Å². The second kappa shape index (κ2) is 5.18. The van der Waals surface area contributed by atoms with Crippen LogP contribution in [0.5, 0.6) is 0 Å². The van der Waals surface area contributed by atoms with Crippen LogP contribution in [0.3, 0.4) is 0 Å². The van der Waals surface area contributed by atoms with Gasteiger partial charge in [0.25, 0.3) is 0 Å². The lowest BCUT2D eigenvalue weighted by Gasteiger charge is -2.41. The molecule has 1 saturated heterocycles. The van der Waals surface area contributed by atoms with Crippen LogP contribution in [0.1, 0.15) is 19.4 Å². The van der Waals surface area contributed by atoms with Gasteiger partial charge in [0.2, 0.25) is 10.0 Å². The monoisotopic (exact) mass is 318 g/mol. The van der Waals surface area contributed by atoms with Crippen molar-refractivity contribution in [3.8, 4) is 0 Å². The summed E-state index contributed by atoms with van der Waals surface area (Å²) in [5.74, 6) is 0. The summed E-state index contributed by atoms with van der Waals surface area (Å²) in [5, 5.41) is 0.364. The summed E-state index contributed by atoms with van der Waals surface area (Å²) >= 11 is 5.92. The number of sulfonamides is 1. The lowest BCUT2D eigenvalue weighted by atomic mass is 10.1. The Kier molecular flexibility index (Phi) is 4.03. The van der Waals surface area contributed by atoms with Gasteiger partial charge in [0.1, 0.15) is 0 Å². The summed E-state index contributed by atoms with van der Waals surface area (Å²) < 4.78 is 32.6. The van der Waals surface area contributed by atoms with Crippen molar-refractivity contribution >= 4 is 27.3 Å². The van der Waals surface area contributed by atoms with Crippen molar-refractivity contribution in [3.05, 3.63) is 22.7 Å². The van der Waals surface area contributed by atoms with Gasteiger partial charge in [-0.3, -0.25) is 0 Å². The SMILES string of the molecule is Cc1cc(Cl)c(N)cc1S(=O)(=O)N1CCOCC1(C)C. The smallest absolute Gasteiger partial charge is 0.244 e. The van der Waals surface area contributed by atoms with Crippen LogP contribution in [0.4, 0.5) is 5.69 Å². The summed E-state index contributed by atoms with van der Waals surface area (Å²) in [6.07, 6.45) is 0. The zero-order valence-electron chi connectivity index (χ0n) is 11.8. The van der Waals surface area contributed by atoms with E-state index in [2.05, 4.69) is 0 Å². The first-order valence-corrected chi connectivity index (χ1v) is 8.14. The number of halogens is 1. The van der Waals surface area contributed by atoms with Crippen LogP contribution in [0.15, 0.2) is 17.0 Å². The summed E-state index contributed by atoms with van der Waals surface area (Å²) in [6, 6.07) is 3.01. The molecule has 1 aromatic carbocycles. The molecule has 0 radical (unpaired) electrons. The molecule has 0 spiro atoms. The second-order valence-corrected chi connectivity index (χ2v) is 7.82. The largest absolute Gasteiger partial charge is 0.397 e. The van der Waals surface area contributed by atoms with Gasteiger partial charge >= 0.3 is 0 Å². The third kappa shape index (κ3) is 2.65. The molecule has 0 atom stereocenters. The van der Waals surface area contributed by atoms with E-state index in [0.717, 1.165) is 0 Å². The van der Waals surface area contributed by atoms with Gasteiger partial charge in [-0.15, -0.1) is 0 Å². The number of hydrogen-bond donors (Lipinski definition) is 1. The van der Waals surface area contributed by atoms with Crippen LogP contribution in [0, 0.1) is 6.92 Å². The van der Waals surface area contributed by atoms with Gasteiger partial charge in [0.05, 0.1) is 34.4 Å². The molecule has 112 valence electrons. The number of aryl methyl sites for hydroxylation is 1. The molecule has 1 aromatic rings. The third-order valence-electron chi connectivity index (χ3n) is 3.43. The molecule has 1 heterocycles. The van der Waals surface area contributed by atoms with E-state index in [0.29, 0.717) is 30.3 Å². The normalized spacial score (nSPS) is 20.0. The zero-order chi connectivity index (χ0) is 15.1. The molecule has 7 heteroatoms. The molecule has 1 aliphatic heterocycles. The fourth-order valence-electron chi connectivity index (χ4n) is 2.35. The molecule has 0 aliphatic carbocycles. The number of nitrogens with zero attached hydrogens (tertiary/aromatic N) is 1. The van der Waals surface area contributed by atoms with Gasteiger partial charge in [-0.25, -0.2) is 8.42 Å². The summed E-state index contributed by atoms with van der Waals surface area (Å²) in [4.78, 5) is 0.203. The maximum Gasteiger partial charge on any atom is 0.244 e. The van der Waals surface area contributed by atoms with Crippen LogP contribution < -0.4 is 5.73 Å². The van der Waals surface area contributed by atoms with Gasteiger partial charge in [-0.1, -0.05) is 11.6 Å². The Morgan fingerprint density at radius 3 is 2.65 bits per heavy atom. The molecule has 5 nitrogen and oxygen atoms in total. The number of morpholine rings is 1. The van der Waals surface area contributed by atoms with E-state index in [1.807, 2.05) is 13.8 Å². The number of benzene rings is 1. The van der Waals surface area contributed by atoms with Crippen molar-refractivity contribution < 1.29 is 13.2 Å². The molecule has 0 bridgehead atoms. The Morgan fingerprint density at radius 1 is 1.40 bits per heavy atom. The predicted octanol–water partition coefficient (Wildman–Crippen LogP) is 2.03. The lowest BCUT2D eigenvalue weighted by Crippen LogP contribution is -2.55. The van der Waals surface area contributed by atoms with Gasteiger partial charge in [-0.2, -0.15) is 4.31 Å². The molecule has 20 heavy (non-hydrogen) atoms. The third-order valence-corrected chi connectivity index (χ3v) is 6.01. The molecule has 1 aliphatic rings. The van der Waals surface area contributed by atoms with Crippen LogP contribution in [0.25, 0.3) is 0 Å². The maximum absolute atomic E-state index is 12.9. The average molecular weight is 319 g/mol. The van der Waals surface area contributed by atoms with Gasteiger partial charge in [0.15, 0.2) is 0 Å². The number of rotatable bonds is 2. The summed E-state index contributed by atoms with van der Waals surface area (Å²) in [6.45, 7) is 6.50. The van der Waals surface area contributed by atoms with Crippen molar-refractivity contribution in [2.24, 2.45) is 0 Å². The fraction of sp³-hybridized carbons (Fsp3) is 0.538. The molecular formula is C13H19ClN2O3S. The van der Waals surface area contributed by atoms with E-state index < -0.39 is 15.6 Å². The predicted molar refractivity (Wildman–Crippen MR) is 79.4 cm³/mol. The highest BCUT2D eigenvalue weighted by Gasteiger charge is 2.40. The van der Waals surface area contributed by atoms with Gasteiger partial charge < -0.3 is 10.5 Å². The van der Waals surface area contributed by atoms with E-state index in [1.54, 1.807) is 13.0 Å². The first-order chi connectivity index (χ1) is 9.16. The first-order valence-electron chi connectivity index (χ1n) is 6.32. The van der Waals surface area contributed by atoms with E-state index in [4.69, 9.17) is 22.1 Å². The van der Waals surface area contributed by atoms with Gasteiger partial charge in [0, 0.05) is 6.54 Å². The standard InChI is InChI=1S/C13H19ClN2O3S/c1-9-6-10(14)11(15)7-12(9)20(17,18)16-4-5-19-8-13(16,2)3/h6-7H,4-5,8,15H2,1-3H3. The van der Waals surface area contributed by atoms with Crippen LogP contribution in [-0.2, 0) is 14.8 Å². The highest BCUT2D eigenvalue weighted by Crippen LogP contribution is 2.32. The Labute approximate surface area is 124 Å². The zero-order valence-corrected chi connectivity index (χ0v) is 13.4. The molecule has 0 amide bonds. The second-order valence-electron chi connectivity index (χ2n) is 5.58. The molecule has 0 unspecified atom stereocenters. The van der Waals surface area contributed by atoms with Crippen molar-refractivity contribution in [1.82, 2.24) is 4.31 Å². The minimum atomic E-state index is -3.62. The van der Waals surface area contributed by atoms with Crippen molar-refractivity contribution in [2.75, 3.05) is 25.5 Å². The number of hydrogen-bond acceptors (Lipinski definition) is 4. The highest BCUT2D eigenvalue weighted by atomic mass is 35.5. The number of anilines is 1.